The van der Waals surface area contributed by atoms with Gasteiger partial charge in [0.1, 0.15) is 0 Å². The molecule has 0 aliphatic heterocycles. The summed E-state index contributed by atoms with van der Waals surface area (Å²) in [6, 6.07) is 18.3. The third-order valence-corrected chi connectivity index (χ3v) is 3.73. The Morgan fingerprint density at radius 3 is 2.39 bits per heavy atom. The summed E-state index contributed by atoms with van der Waals surface area (Å²) in [5.41, 5.74) is 9.36. The molecule has 0 spiro atoms. The first-order valence-corrected chi connectivity index (χ1v) is 7.74. The van der Waals surface area contributed by atoms with E-state index in [-0.39, 0.29) is 0 Å². The molecule has 0 fully saturated rings. The second kappa shape index (κ2) is 6.52. The SMILES string of the molecule is CC(C)c1ccc(CNc2nc(N)n(-c3ccccc3)n2)cc1. The molecule has 0 bridgehead atoms. The molecule has 118 valence electrons. The second-order valence-electron chi connectivity index (χ2n) is 5.79. The van der Waals surface area contributed by atoms with E-state index < -0.39 is 0 Å². The van der Waals surface area contributed by atoms with Gasteiger partial charge in [0.05, 0.1) is 5.69 Å². The van der Waals surface area contributed by atoms with Crippen LogP contribution in [0.5, 0.6) is 0 Å². The van der Waals surface area contributed by atoms with Gasteiger partial charge in [0.25, 0.3) is 0 Å². The van der Waals surface area contributed by atoms with Crippen LogP contribution in [0.1, 0.15) is 30.9 Å². The number of aromatic nitrogens is 3. The highest BCUT2D eigenvalue weighted by Gasteiger charge is 2.08. The third kappa shape index (κ3) is 3.51. The average molecular weight is 307 g/mol. The van der Waals surface area contributed by atoms with Crippen LogP contribution < -0.4 is 11.1 Å². The largest absolute Gasteiger partial charge is 0.368 e. The van der Waals surface area contributed by atoms with E-state index in [0.717, 1.165) is 5.69 Å². The van der Waals surface area contributed by atoms with Gasteiger partial charge in [-0.2, -0.15) is 9.67 Å². The highest BCUT2D eigenvalue weighted by atomic mass is 15.4. The standard InChI is InChI=1S/C18H21N5/c1-13(2)15-10-8-14(9-11-15)12-20-18-21-17(19)23(22-18)16-6-4-3-5-7-16/h3-11,13H,12H2,1-2H3,(H3,19,20,21,22). The number of nitrogens with two attached hydrogens (primary N) is 1. The van der Waals surface area contributed by atoms with Crippen molar-refractivity contribution in [1.29, 1.82) is 0 Å². The van der Waals surface area contributed by atoms with E-state index >= 15 is 0 Å². The van der Waals surface area contributed by atoms with Gasteiger partial charge in [0.15, 0.2) is 0 Å². The van der Waals surface area contributed by atoms with Crippen LogP contribution in [-0.4, -0.2) is 14.8 Å². The molecule has 0 saturated heterocycles. The number of anilines is 2. The average Bonchev–Trinajstić information content (AvgIpc) is 2.95. The number of hydrogen-bond acceptors (Lipinski definition) is 4. The highest BCUT2D eigenvalue weighted by Crippen LogP contribution is 2.16. The van der Waals surface area contributed by atoms with Crippen LogP contribution in [0.2, 0.25) is 0 Å². The molecule has 0 aliphatic rings. The summed E-state index contributed by atoms with van der Waals surface area (Å²) in [5.74, 6) is 1.44. The Morgan fingerprint density at radius 2 is 1.74 bits per heavy atom. The summed E-state index contributed by atoms with van der Waals surface area (Å²) in [5, 5.41) is 7.63. The summed E-state index contributed by atoms with van der Waals surface area (Å²) in [7, 11) is 0. The van der Waals surface area contributed by atoms with Crippen LogP contribution in [0.4, 0.5) is 11.9 Å². The van der Waals surface area contributed by atoms with Crippen molar-refractivity contribution in [3.05, 3.63) is 65.7 Å². The molecular weight excluding hydrogens is 286 g/mol. The maximum absolute atomic E-state index is 5.94. The molecule has 0 aliphatic carbocycles. The Balaban J connectivity index is 1.69. The van der Waals surface area contributed by atoms with E-state index in [1.807, 2.05) is 30.3 Å². The molecule has 0 unspecified atom stereocenters. The fraction of sp³-hybridized carbons (Fsp3) is 0.222. The van der Waals surface area contributed by atoms with Crippen molar-refractivity contribution >= 4 is 11.9 Å². The predicted molar refractivity (Wildman–Crippen MR) is 93.6 cm³/mol. The number of rotatable bonds is 5. The summed E-state index contributed by atoms with van der Waals surface area (Å²) < 4.78 is 1.63. The highest BCUT2D eigenvalue weighted by molar-refractivity contribution is 5.42. The van der Waals surface area contributed by atoms with E-state index in [1.165, 1.54) is 11.1 Å². The van der Waals surface area contributed by atoms with Gasteiger partial charge in [-0.25, -0.2) is 0 Å². The van der Waals surface area contributed by atoms with Crippen LogP contribution in [-0.2, 0) is 6.54 Å². The first-order valence-electron chi connectivity index (χ1n) is 7.74. The molecular formula is C18H21N5. The van der Waals surface area contributed by atoms with Gasteiger partial charge in [0, 0.05) is 6.54 Å². The molecule has 0 saturated carbocycles. The molecule has 2 aromatic carbocycles. The molecule has 0 radical (unpaired) electrons. The lowest BCUT2D eigenvalue weighted by atomic mass is 10.0. The maximum Gasteiger partial charge on any atom is 0.244 e. The van der Waals surface area contributed by atoms with E-state index in [2.05, 4.69) is 53.5 Å². The van der Waals surface area contributed by atoms with Crippen molar-refractivity contribution in [2.45, 2.75) is 26.3 Å². The van der Waals surface area contributed by atoms with Crippen molar-refractivity contribution in [1.82, 2.24) is 14.8 Å². The molecule has 0 atom stereocenters. The van der Waals surface area contributed by atoms with Crippen LogP contribution in [0.15, 0.2) is 54.6 Å². The minimum Gasteiger partial charge on any atom is -0.368 e. The third-order valence-electron chi connectivity index (χ3n) is 3.73. The lowest BCUT2D eigenvalue weighted by Crippen LogP contribution is -2.03. The summed E-state index contributed by atoms with van der Waals surface area (Å²) >= 11 is 0. The number of nitrogen functional groups attached to an aromatic ring is 1. The number of hydrogen-bond donors (Lipinski definition) is 2. The van der Waals surface area contributed by atoms with E-state index in [0.29, 0.717) is 24.4 Å². The number of nitrogens with zero attached hydrogens (tertiary/aromatic N) is 3. The van der Waals surface area contributed by atoms with Crippen LogP contribution in [0.25, 0.3) is 5.69 Å². The number of para-hydroxylation sites is 1. The molecule has 23 heavy (non-hydrogen) atoms. The molecule has 1 aromatic heterocycles. The Labute approximate surface area is 136 Å². The Hall–Kier alpha value is -2.82. The second-order valence-corrected chi connectivity index (χ2v) is 5.79. The predicted octanol–water partition coefficient (Wildman–Crippen LogP) is 3.59. The van der Waals surface area contributed by atoms with Crippen LogP contribution in [0, 0.1) is 0 Å². The van der Waals surface area contributed by atoms with E-state index in [4.69, 9.17) is 5.73 Å². The summed E-state index contributed by atoms with van der Waals surface area (Å²) in [6.07, 6.45) is 0. The molecule has 1 heterocycles. The lowest BCUT2D eigenvalue weighted by Gasteiger charge is -2.07. The maximum atomic E-state index is 5.94. The molecule has 5 nitrogen and oxygen atoms in total. The lowest BCUT2D eigenvalue weighted by molar-refractivity contribution is 0.864. The van der Waals surface area contributed by atoms with Gasteiger partial charge >= 0.3 is 0 Å². The fourth-order valence-corrected chi connectivity index (χ4v) is 2.36. The van der Waals surface area contributed by atoms with Crippen molar-refractivity contribution in [3.63, 3.8) is 0 Å². The Morgan fingerprint density at radius 1 is 1.04 bits per heavy atom. The first kappa shape index (κ1) is 15.1. The quantitative estimate of drug-likeness (QED) is 0.756. The Kier molecular flexibility index (Phi) is 4.28. The van der Waals surface area contributed by atoms with Crippen molar-refractivity contribution in [2.24, 2.45) is 0 Å². The van der Waals surface area contributed by atoms with Crippen LogP contribution >= 0.6 is 0 Å². The van der Waals surface area contributed by atoms with Gasteiger partial charge < -0.3 is 11.1 Å². The summed E-state index contributed by atoms with van der Waals surface area (Å²) in [6.45, 7) is 5.04. The van der Waals surface area contributed by atoms with Crippen molar-refractivity contribution in [3.8, 4) is 5.69 Å². The van der Waals surface area contributed by atoms with Gasteiger partial charge in [-0.1, -0.05) is 56.3 Å². The van der Waals surface area contributed by atoms with E-state index in [1.54, 1.807) is 4.68 Å². The molecule has 0 amide bonds. The Bertz CT molecular complexity index is 760. The molecule has 3 N–H and O–H groups in total. The topological polar surface area (TPSA) is 68.8 Å². The zero-order valence-corrected chi connectivity index (χ0v) is 13.4. The zero-order valence-electron chi connectivity index (χ0n) is 13.4. The fourth-order valence-electron chi connectivity index (χ4n) is 2.36. The van der Waals surface area contributed by atoms with Gasteiger partial charge in [-0.15, -0.1) is 5.10 Å². The molecule has 3 aromatic rings. The minimum absolute atomic E-state index is 0.369. The minimum atomic E-state index is 0.369. The van der Waals surface area contributed by atoms with E-state index in [9.17, 15) is 0 Å². The van der Waals surface area contributed by atoms with Crippen molar-refractivity contribution < 1.29 is 0 Å². The molecule has 3 rings (SSSR count). The van der Waals surface area contributed by atoms with Crippen molar-refractivity contribution in [2.75, 3.05) is 11.1 Å². The molecule has 5 heteroatoms. The normalized spacial score (nSPS) is 10.9. The zero-order chi connectivity index (χ0) is 16.2. The number of nitrogens with one attached hydrogen (secondary N) is 1. The number of benzene rings is 2. The summed E-state index contributed by atoms with van der Waals surface area (Å²) in [4.78, 5) is 4.27. The monoisotopic (exact) mass is 307 g/mol. The smallest absolute Gasteiger partial charge is 0.244 e. The van der Waals surface area contributed by atoms with Gasteiger partial charge in [-0.05, 0) is 29.2 Å². The van der Waals surface area contributed by atoms with Crippen LogP contribution in [0.3, 0.4) is 0 Å². The first-order chi connectivity index (χ1) is 11.1. The van der Waals surface area contributed by atoms with Gasteiger partial charge in [0.2, 0.25) is 11.9 Å². The van der Waals surface area contributed by atoms with Gasteiger partial charge in [-0.3, -0.25) is 0 Å².